The summed E-state index contributed by atoms with van der Waals surface area (Å²) in [6, 6.07) is 9.51. The molecular weight excluding hydrogens is 422 g/mol. The van der Waals surface area contributed by atoms with Crippen molar-refractivity contribution in [2.75, 3.05) is 31.2 Å². The van der Waals surface area contributed by atoms with Crippen LogP contribution in [0.1, 0.15) is 26.3 Å². The molecule has 2 heterocycles. The van der Waals surface area contributed by atoms with E-state index in [-0.39, 0.29) is 23.7 Å². The molecule has 3 rings (SSSR count). The zero-order valence-electron chi connectivity index (χ0n) is 17.7. The maximum atomic E-state index is 12.3. The van der Waals surface area contributed by atoms with Crippen molar-refractivity contribution in [1.82, 2.24) is 10.2 Å². The first kappa shape index (κ1) is 22.6. The fraction of sp³-hybridized carbons (Fsp3) is 0.450. The van der Waals surface area contributed by atoms with E-state index in [4.69, 9.17) is 9.26 Å². The molecule has 1 amide bonds. The van der Waals surface area contributed by atoms with Crippen molar-refractivity contribution >= 4 is 34.8 Å². The zero-order chi connectivity index (χ0) is 22.4. The Bertz CT molecular complexity index is 938. The average molecular weight is 448 g/mol. The lowest BCUT2D eigenvalue weighted by atomic mass is 10.2. The molecule has 1 aliphatic rings. The standard InChI is InChI=1S/C20H25N5O5S/c1-15(26)31-20(2,3)18(27)21-17-13-25(22-30-17)24-11-9-23(10-12-24)19(28)29-14-16-7-5-4-6-8-16/h4-8,13H,9-12,14H2,1-3H3. The highest BCUT2D eigenvalue weighted by Crippen LogP contribution is 2.26. The van der Waals surface area contributed by atoms with Crippen LogP contribution in [0.25, 0.3) is 0 Å². The van der Waals surface area contributed by atoms with Crippen LogP contribution in [0.5, 0.6) is 0 Å². The second-order valence-electron chi connectivity index (χ2n) is 7.46. The molecule has 0 atom stereocenters. The van der Waals surface area contributed by atoms with Crippen LogP contribution in [0.15, 0.2) is 46.0 Å². The second kappa shape index (κ2) is 9.82. The van der Waals surface area contributed by atoms with E-state index in [0.717, 1.165) is 17.3 Å². The molecule has 1 aromatic carbocycles. The lowest BCUT2D eigenvalue weighted by molar-refractivity contribution is -0.759. The summed E-state index contributed by atoms with van der Waals surface area (Å²) in [5.74, 6) is -0.436. The molecule has 2 aromatic rings. The topological polar surface area (TPSA) is 115 Å². The Labute approximate surface area is 184 Å². The van der Waals surface area contributed by atoms with Crippen molar-refractivity contribution in [3.63, 3.8) is 0 Å². The van der Waals surface area contributed by atoms with Gasteiger partial charge in [-0.3, -0.25) is 9.32 Å². The second-order valence-corrected chi connectivity index (χ2v) is 9.26. The van der Waals surface area contributed by atoms with Crippen LogP contribution in [-0.4, -0.2) is 58.2 Å². The normalized spacial score (nSPS) is 15.1. The summed E-state index contributed by atoms with van der Waals surface area (Å²) in [5, 5.41) is 17.9. The van der Waals surface area contributed by atoms with Gasteiger partial charge in [-0.25, -0.2) is 9.79 Å². The monoisotopic (exact) mass is 447 g/mol. The number of hydrogen-bond acceptors (Lipinski definition) is 9. The number of aliphatic imine (C=N–C) groups is 1. The van der Waals surface area contributed by atoms with Gasteiger partial charge in [-0.15, -0.1) is 5.01 Å². The van der Waals surface area contributed by atoms with Gasteiger partial charge < -0.3 is 14.7 Å². The van der Waals surface area contributed by atoms with Gasteiger partial charge in [-0.1, -0.05) is 42.1 Å². The first-order valence-electron chi connectivity index (χ1n) is 9.80. The Kier molecular flexibility index (Phi) is 7.16. The Hall–Kier alpha value is -3.08. The van der Waals surface area contributed by atoms with E-state index >= 15 is 0 Å². The van der Waals surface area contributed by atoms with E-state index < -0.39 is 10.6 Å². The van der Waals surface area contributed by atoms with Crippen LogP contribution in [0.4, 0.5) is 10.7 Å². The van der Waals surface area contributed by atoms with Crippen LogP contribution in [-0.2, 0) is 16.1 Å². The van der Waals surface area contributed by atoms with Crippen molar-refractivity contribution < 1.29 is 28.7 Å². The lowest BCUT2D eigenvalue weighted by Crippen LogP contribution is -2.65. The average Bonchev–Trinajstić information content (AvgIpc) is 3.20. The molecule has 0 bridgehead atoms. The molecule has 0 N–H and O–H groups in total. The highest BCUT2D eigenvalue weighted by Gasteiger charge is 2.29. The quantitative estimate of drug-likeness (QED) is 0.366. The number of carbonyl (C=O) groups is 2. The predicted octanol–water partition coefficient (Wildman–Crippen LogP) is 1.00. The Morgan fingerprint density at radius 2 is 1.94 bits per heavy atom. The highest BCUT2D eigenvalue weighted by atomic mass is 32.2. The summed E-state index contributed by atoms with van der Waals surface area (Å²) in [5.41, 5.74) is 0.934. The molecule has 1 aromatic heterocycles. The zero-order valence-corrected chi connectivity index (χ0v) is 18.5. The Morgan fingerprint density at radius 1 is 1.26 bits per heavy atom. The van der Waals surface area contributed by atoms with E-state index in [2.05, 4.69) is 10.3 Å². The van der Waals surface area contributed by atoms with Crippen LogP contribution < -0.4 is 14.9 Å². The Morgan fingerprint density at radius 3 is 2.58 bits per heavy atom. The highest BCUT2D eigenvalue weighted by molar-refractivity contribution is 8.15. The van der Waals surface area contributed by atoms with E-state index in [0.29, 0.717) is 26.2 Å². The number of piperazine rings is 1. The molecule has 1 aliphatic heterocycles. The fourth-order valence-electron chi connectivity index (χ4n) is 2.94. The molecule has 31 heavy (non-hydrogen) atoms. The van der Waals surface area contributed by atoms with Gasteiger partial charge in [-0.2, -0.15) is 0 Å². The smallest absolute Gasteiger partial charge is 0.410 e. The number of rotatable bonds is 6. The number of nitrogens with zero attached hydrogens (tertiary/aromatic N) is 5. The van der Waals surface area contributed by atoms with Crippen molar-refractivity contribution in [3.05, 3.63) is 42.1 Å². The van der Waals surface area contributed by atoms with Crippen LogP contribution in [0.2, 0.25) is 0 Å². The van der Waals surface area contributed by atoms with Gasteiger partial charge in [0.25, 0.3) is 6.20 Å². The molecule has 11 heteroatoms. The van der Waals surface area contributed by atoms with Crippen molar-refractivity contribution in [2.45, 2.75) is 32.1 Å². The van der Waals surface area contributed by atoms with Crippen molar-refractivity contribution in [2.24, 2.45) is 4.99 Å². The number of benzene rings is 1. The number of ether oxygens (including phenoxy) is 1. The SMILES string of the molecule is CC(=O)SC(C)(C)C([O-])=Nc1c[n+](N2CCN(C(=O)OCc3ccccc3)CC2)no1. The lowest BCUT2D eigenvalue weighted by Gasteiger charge is -2.29. The molecule has 1 fully saturated rings. The first-order valence-corrected chi connectivity index (χ1v) is 10.6. The molecular formula is C20H25N5O5S. The van der Waals surface area contributed by atoms with E-state index in [1.54, 1.807) is 18.7 Å². The Balaban J connectivity index is 1.52. The third kappa shape index (κ3) is 6.20. The number of carbonyl (C=O) groups excluding carboxylic acids is 2. The van der Waals surface area contributed by atoms with Gasteiger partial charge in [-0.05, 0) is 25.3 Å². The molecule has 10 nitrogen and oxygen atoms in total. The van der Waals surface area contributed by atoms with Crippen LogP contribution in [0, 0.1) is 0 Å². The number of hydrogen-bond donors (Lipinski definition) is 0. The summed E-state index contributed by atoms with van der Waals surface area (Å²) in [7, 11) is 0. The maximum absolute atomic E-state index is 12.3. The molecule has 0 radical (unpaired) electrons. The molecule has 0 saturated carbocycles. The van der Waals surface area contributed by atoms with Gasteiger partial charge in [0.2, 0.25) is 5.27 Å². The van der Waals surface area contributed by atoms with Crippen molar-refractivity contribution in [3.8, 4) is 0 Å². The van der Waals surface area contributed by atoms with Gasteiger partial charge in [0.1, 0.15) is 6.61 Å². The third-order valence-corrected chi connectivity index (χ3v) is 5.55. The first-order chi connectivity index (χ1) is 14.7. The van der Waals surface area contributed by atoms with Crippen LogP contribution >= 0.6 is 11.8 Å². The summed E-state index contributed by atoms with van der Waals surface area (Å²) < 4.78 is 9.51. The van der Waals surface area contributed by atoms with E-state index in [1.807, 2.05) is 35.3 Å². The summed E-state index contributed by atoms with van der Waals surface area (Å²) in [6.45, 7) is 6.83. The van der Waals surface area contributed by atoms with Crippen LogP contribution in [0.3, 0.4) is 0 Å². The third-order valence-electron chi connectivity index (χ3n) is 4.58. The minimum Gasteiger partial charge on any atom is -0.861 e. The largest absolute Gasteiger partial charge is 0.861 e. The van der Waals surface area contributed by atoms with Gasteiger partial charge >= 0.3 is 12.0 Å². The van der Waals surface area contributed by atoms with Gasteiger partial charge in [0.15, 0.2) is 5.12 Å². The van der Waals surface area contributed by atoms with Gasteiger partial charge in [0.05, 0.1) is 17.9 Å². The molecule has 0 spiro atoms. The molecule has 166 valence electrons. The van der Waals surface area contributed by atoms with Gasteiger partial charge in [0, 0.05) is 24.8 Å². The summed E-state index contributed by atoms with van der Waals surface area (Å²) in [4.78, 5) is 30.6. The minimum atomic E-state index is -0.991. The molecule has 1 saturated heterocycles. The number of aromatic nitrogens is 2. The molecule has 0 aliphatic carbocycles. The number of amides is 1. The number of thioether (sulfide) groups is 1. The maximum Gasteiger partial charge on any atom is 0.410 e. The van der Waals surface area contributed by atoms with Crippen molar-refractivity contribution in [1.29, 1.82) is 0 Å². The summed E-state index contributed by atoms with van der Waals surface area (Å²) >= 11 is 0.914. The molecule has 0 unspecified atom stereocenters. The minimum absolute atomic E-state index is 0.0481. The van der Waals surface area contributed by atoms with E-state index in [1.165, 1.54) is 17.9 Å². The predicted molar refractivity (Wildman–Crippen MR) is 112 cm³/mol. The fourth-order valence-corrected chi connectivity index (χ4v) is 3.80. The van der Waals surface area contributed by atoms with E-state index in [9.17, 15) is 14.7 Å². The summed E-state index contributed by atoms with van der Waals surface area (Å²) in [6.07, 6.45) is 1.13.